The molecule has 0 saturated carbocycles. The van der Waals surface area contributed by atoms with E-state index < -0.39 is 6.10 Å². The smallest absolute Gasteiger partial charge is 0.255 e. The van der Waals surface area contributed by atoms with Gasteiger partial charge in [0.25, 0.3) is 5.91 Å². The number of likely N-dealkylation sites (tertiary alicyclic amines) is 1. The first-order valence-corrected chi connectivity index (χ1v) is 10.3. The number of nitrogen functional groups attached to an aromatic ring is 1. The number of nitrogens with one attached hydrogen (secondary N) is 1. The van der Waals surface area contributed by atoms with E-state index in [1.165, 1.54) is 6.07 Å². The molecule has 8 nitrogen and oxygen atoms in total. The average molecular weight is 426 g/mol. The first-order chi connectivity index (χ1) is 13.9. The third-order valence-corrected chi connectivity index (χ3v) is 5.75. The third kappa shape index (κ3) is 5.32. The van der Waals surface area contributed by atoms with Crippen LogP contribution in [0.2, 0.25) is 5.02 Å². The van der Waals surface area contributed by atoms with E-state index in [0.29, 0.717) is 44.2 Å². The fraction of sp³-hybridized carbons (Fsp3) is 0.600. The van der Waals surface area contributed by atoms with Crippen LogP contribution < -0.4 is 20.5 Å². The molecule has 1 fully saturated rings. The van der Waals surface area contributed by atoms with Crippen LogP contribution in [0.25, 0.3) is 0 Å². The minimum atomic E-state index is -0.537. The van der Waals surface area contributed by atoms with Crippen molar-refractivity contribution in [3.63, 3.8) is 0 Å². The van der Waals surface area contributed by atoms with E-state index in [0.717, 1.165) is 25.9 Å². The molecule has 29 heavy (non-hydrogen) atoms. The summed E-state index contributed by atoms with van der Waals surface area (Å²) in [6.45, 7) is 4.77. The number of aliphatic hydroxyl groups excluding tert-OH is 1. The van der Waals surface area contributed by atoms with Crippen molar-refractivity contribution < 1.29 is 24.2 Å². The van der Waals surface area contributed by atoms with Gasteiger partial charge in [-0.1, -0.05) is 11.6 Å². The van der Waals surface area contributed by atoms with Crippen LogP contribution in [0.5, 0.6) is 11.5 Å². The van der Waals surface area contributed by atoms with Crippen LogP contribution in [0, 0.1) is 5.92 Å². The SMILES string of the molecule is CC(=O)CCCN1CC[C@@H](CNC(=O)c2cc(N)c(Cl)c3c2OCCO3)C(O)C1. The van der Waals surface area contributed by atoms with Gasteiger partial charge in [0, 0.05) is 25.4 Å². The summed E-state index contributed by atoms with van der Waals surface area (Å²) in [6, 6.07) is 1.49. The van der Waals surface area contributed by atoms with Crippen LogP contribution in [0.4, 0.5) is 5.69 Å². The molecule has 1 aromatic rings. The minimum absolute atomic E-state index is 0.0411. The summed E-state index contributed by atoms with van der Waals surface area (Å²) >= 11 is 6.15. The highest BCUT2D eigenvalue weighted by Gasteiger charge is 2.29. The van der Waals surface area contributed by atoms with Crippen LogP contribution >= 0.6 is 11.6 Å². The molecule has 2 heterocycles. The highest BCUT2D eigenvalue weighted by atomic mass is 35.5. The molecule has 9 heteroatoms. The number of carbonyl (C=O) groups excluding carboxylic acids is 2. The number of hydrogen-bond donors (Lipinski definition) is 3. The Balaban J connectivity index is 1.55. The summed E-state index contributed by atoms with van der Waals surface area (Å²) in [5.74, 6) is 0.394. The van der Waals surface area contributed by atoms with Crippen LogP contribution in [0.3, 0.4) is 0 Å². The molecule has 2 atom stereocenters. The molecule has 0 aliphatic carbocycles. The molecule has 3 rings (SSSR count). The number of fused-ring (bicyclic) bond motifs is 1. The zero-order chi connectivity index (χ0) is 21.0. The fourth-order valence-electron chi connectivity index (χ4n) is 3.72. The Morgan fingerprint density at radius 1 is 1.34 bits per heavy atom. The van der Waals surface area contributed by atoms with Crippen molar-refractivity contribution in [1.29, 1.82) is 0 Å². The van der Waals surface area contributed by atoms with Crippen LogP contribution in [0.15, 0.2) is 6.07 Å². The maximum atomic E-state index is 12.7. The first kappa shape index (κ1) is 21.7. The maximum absolute atomic E-state index is 12.7. The number of anilines is 1. The average Bonchev–Trinajstić information content (AvgIpc) is 2.69. The van der Waals surface area contributed by atoms with E-state index in [1.807, 2.05) is 0 Å². The summed E-state index contributed by atoms with van der Waals surface area (Å²) in [4.78, 5) is 25.9. The number of Topliss-reactive ketones (excluding diaryl/α,β-unsaturated/α-hetero) is 1. The third-order valence-electron chi connectivity index (χ3n) is 5.36. The van der Waals surface area contributed by atoms with Crippen molar-refractivity contribution in [3.8, 4) is 11.5 Å². The fourth-order valence-corrected chi connectivity index (χ4v) is 3.92. The van der Waals surface area contributed by atoms with E-state index in [2.05, 4.69) is 10.2 Å². The van der Waals surface area contributed by atoms with Gasteiger partial charge >= 0.3 is 0 Å². The molecule has 1 unspecified atom stereocenters. The van der Waals surface area contributed by atoms with E-state index >= 15 is 0 Å². The molecule has 0 bridgehead atoms. The second-order valence-corrected chi connectivity index (χ2v) is 7.99. The van der Waals surface area contributed by atoms with Crippen molar-refractivity contribution in [1.82, 2.24) is 10.2 Å². The van der Waals surface area contributed by atoms with E-state index in [9.17, 15) is 14.7 Å². The normalized spacial score (nSPS) is 21.6. The van der Waals surface area contributed by atoms with Gasteiger partial charge in [-0.3, -0.25) is 4.79 Å². The number of nitrogens with two attached hydrogens (primary N) is 1. The number of amides is 1. The predicted octanol–water partition coefficient (Wildman–Crippen LogP) is 1.48. The topological polar surface area (TPSA) is 114 Å². The lowest BCUT2D eigenvalue weighted by Crippen LogP contribution is -2.47. The standard InChI is InChI=1S/C20H28ClN3O5/c1-12(25)3-2-5-24-6-4-13(16(26)11-24)10-23-20(27)14-9-15(22)17(21)19-18(14)28-7-8-29-19/h9,13,16,26H,2-8,10-11,22H2,1H3,(H,23,27)/t13-,16?/m0/s1. The molecule has 160 valence electrons. The van der Waals surface area contributed by atoms with Crippen LogP contribution in [0.1, 0.15) is 36.5 Å². The Morgan fingerprint density at radius 2 is 2.07 bits per heavy atom. The summed E-state index contributed by atoms with van der Waals surface area (Å²) in [5.41, 5.74) is 6.43. The molecule has 2 aliphatic heterocycles. The highest BCUT2D eigenvalue weighted by Crippen LogP contribution is 2.43. The summed E-state index contributed by atoms with van der Waals surface area (Å²) in [6.07, 6.45) is 1.59. The molecule has 0 radical (unpaired) electrons. The van der Waals surface area contributed by atoms with Crippen molar-refractivity contribution in [2.75, 3.05) is 45.1 Å². The molecular formula is C20H28ClN3O5. The number of ketones is 1. The predicted molar refractivity (Wildman–Crippen MR) is 110 cm³/mol. The summed E-state index contributed by atoms with van der Waals surface area (Å²) in [7, 11) is 0. The van der Waals surface area contributed by atoms with Gasteiger partial charge in [0.05, 0.1) is 17.4 Å². The number of nitrogens with zero attached hydrogens (tertiary/aromatic N) is 1. The van der Waals surface area contributed by atoms with Gasteiger partial charge in [-0.05, 0) is 38.9 Å². The number of aliphatic hydroxyl groups is 1. The first-order valence-electron chi connectivity index (χ1n) is 9.92. The van der Waals surface area contributed by atoms with Gasteiger partial charge < -0.3 is 35.3 Å². The van der Waals surface area contributed by atoms with Gasteiger partial charge in [0.2, 0.25) is 0 Å². The number of rotatable bonds is 7. The summed E-state index contributed by atoms with van der Waals surface area (Å²) < 4.78 is 11.1. The van der Waals surface area contributed by atoms with E-state index in [4.69, 9.17) is 26.8 Å². The second-order valence-electron chi connectivity index (χ2n) is 7.61. The lowest BCUT2D eigenvalue weighted by molar-refractivity contribution is -0.117. The van der Waals surface area contributed by atoms with Gasteiger partial charge in [-0.2, -0.15) is 0 Å². The minimum Gasteiger partial charge on any atom is -0.485 e. The van der Waals surface area contributed by atoms with E-state index in [1.54, 1.807) is 6.92 Å². The number of hydrogen-bond acceptors (Lipinski definition) is 7. The Morgan fingerprint density at radius 3 is 2.76 bits per heavy atom. The van der Waals surface area contributed by atoms with Crippen LogP contribution in [-0.2, 0) is 4.79 Å². The number of piperidine rings is 1. The van der Waals surface area contributed by atoms with Gasteiger partial charge in [-0.25, -0.2) is 0 Å². The number of ether oxygens (including phenoxy) is 2. The zero-order valence-corrected chi connectivity index (χ0v) is 17.3. The molecule has 1 amide bonds. The van der Waals surface area contributed by atoms with Crippen molar-refractivity contribution >= 4 is 29.0 Å². The second kappa shape index (κ2) is 9.65. The number of benzene rings is 1. The molecule has 1 aromatic carbocycles. The Labute approximate surface area is 175 Å². The molecule has 0 spiro atoms. The van der Waals surface area contributed by atoms with Gasteiger partial charge in [-0.15, -0.1) is 0 Å². The zero-order valence-electron chi connectivity index (χ0n) is 16.6. The quantitative estimate of drug-likeness (QED) is 0.567. The van der Waals surface area contributed by atoms with Gasteiger partial charge in [0.1, 0.15) is 24.0 Å². The Kier molecular flexibility index (Phi) is 7.21. The molecule has 0 aromatic heterocycles. The highest BCUT2D eigenvalue weighted by molar-refractivity contribution is 6.35. The molecule has 4 N–H and O–H groups in total. The number of halogens is 1. The molecule has 1 saturated heterocycles. The van der Waals surface area contributed by atoms with E-state index in [-0.39, 0.29) is 33.9 Å². The maximum Gasteiger partial charge on any atom is 0.255 e. The Bertz CT molecular complexity index is 773. The lowest BCUT2D eigenvalue weighted by Gasteiger charge is -2.36. The van der Waals surface area contributed by atoms with Crippen molar-refractivity contribution in [2.24, 2.45) is 5.92 Å². The summed E-state index contributed by atoms with van der Waals surface area (Å²) in [5, 5.41) is 13.6. The lowest BCUT2D eigenvalue weighted by atomic mass is 9.93. The van der Waals surface area contributed by atoms with Crippen molar-refractivity contribution in [2.45, 2.75) is 32.3 Å². The monoisotopic (exact) mass is 425 g/mol. The van der Waals surface area contributed by atoms with Gasteiger partial charge in [0.15, 0.2) is 11.5 Å². The van der Waals surface area contributed by atoms with Crippen LogP contribution in [-0.4, -0.2) is 67.2 Å². The number of carbonyl (C=O) groups is 2. The largest absolute Gasteiger partial charge is 0.485 e. The Hall–Kier alpha value is -2.03. The molecule has 2 aliphatic rings. The molecular weight excluding hydrogens is 398 g/mol. The van der Waals surface area contributed by atoms with Crippen molar-refractivity contribution in [3.05, 3.63) is 16.7 Å². The number of β-amino-alcohol motifs (C(OH)–C–C–N with tert-alkyl or cyclic N) is 1.